The van der Waals surface area contributed by atoms with Gasteiger partial charge < -0.3 is 10.3 Å². The summed E-state index contributed by atoms with van der Waals surface area (Å²) in [6.07, 6.45) is 2.34. The summed E-state index contributed by atoms with van der Waals surface area (Å²) in [7, 11) is 0. The number of hydrogen-bond donors (Lipinski definition) is 1. The number of nitrogens with zero attached hydrogens (tertiary/aromatic N) is 2. The van der Waals surface area contributed by atoms with Crippen LogP contribution >= 0.6 is 27.7 Å². The van der Waals surface area contributed by atoms with E-state index in [1.165, 1.54) is 17.7 Å². The minimum Gasteiger partial charge on any atom is -0.338 e. The van der Waals surface area contributed by atoms with Crippen molar-refractivity contribution in [2.75, 3.05) is 0 Å². The predicted molar refractivity (Wildman–Crippen MR) is 77.7 cm³/mol. The van der Waals surface area contributed by atoms with Gasteiger partial charge in [-0.05, 0) is 46.8 Å². The van der Waals surface area contributed by atoms with E-state index in [1.54, 1.807) is 11.8 Å². The molecule has 0 saturated heterocycles. The van der Waals surface area contributed by atoms with Crippen LogP contribution in [0.1, 0.15) is 30.6 Å². The second-order valence-corrected chi connectivity index (χ2v) is 6.50. The van der Waals surface area contributed by atoms with E-state index >= 15 is 0 Å². The van der Waals surface area contributed by atoms with Gasteiger partial charge in [-0.1, -0.05) is 17.3 Å². The smallest absolute Gasteiger partial charge is 0.243 e. The molecule has 1 heterocycles. The van der Waals surface area contributed by atoms with E-state index in [-0.39, 0.29) is 6.04 Å². The zero-order valence-electron chi connectivity index (χ0n) is 10.3. The highest BCUT2D eigenvalue weighted by Gasteiger charge is 2.33. The van der Waals surface area contributed by atoms with Gasteiger partial charge in [-0.2, -0.15) is 4.98 Å². The van der Waals surface area contributed by atoms with Gasteiger partial charge in [0.1, 0.15) is 0 Å². The van der Waals surface area contributed by atoms with Gasteiger partial charge in [-0.25, -0.2) is 0 Å². The fourth-order valence-corrected chi connectivity index (χ4v) is 3.23. The summed E-state index contributed by atoms with van der Waals surface area (Å²) in [6.45, 7) is 0. The lowest BCUT2D eigenvalue weighted by Gasteiger charge is -2.02. The summed E-state index contributed by atoms with van der Waals surface area (Å²) in [6, 6.07) is 8.00. The van der Waals surface area contributed by atoms with Crippen molar-refractivity contribution in [2.45, 2.75) is 29.5 Å². The zero-order chi connectivity index (χ0) is 13.2. The maximum absolute atomic E-state index is 6.03. The molecule has 3 rings (SSSR count). The first-order chi connectivity index (χ1) is 9.24. The topological polar surface area (TPSA) is 64.9 Å². The van der Waals surface area contributed by atoms with Crippen molar-refractivity contribution in [3.63, 3.8) is 0 Å². The third kappa shape index (κ3) is 3.19. The lowest BCUT2D eigenvalue weighted by molar-refractivity contribution is 0.341. The van der Waals surface area contributed by atoms with Crippen LogP contribution in [0.4, 0.5) is 0 Å². The van der Waals surface area contributed by atoms with E-state index in [0.717, 1.165) is 4.47 Å². The largest absolute Gasteiger partial charge is 0.338 e. The Balaban J connectivity index is 1.62. The van der Waals surface area contributed by atoms with Crippen molar-refractivity contribution in [3.05, 3.63) is 40.5 Å². The van der Waals surface area contributed by atoms with Gasteiger partial charge >= 0.3 is 0 Å². The molecule has 0 bridgehead atoms. The fraction of sp³-hybridized carbons (Fsp3) is 0.385. The summed E-state index contributed by atoms with van der Waals surface area (Å²) in [4.78, 5) is 5.54. The van der Waals surface area contributed by atoms with Crippen LogP contribution in [0, 0.1) is 5.92 Å². The highest BCUT2D eigenvalue weighted by atomic mass is 79.9. The standard InChI is InChI=1S/C13H14BrN3OS/c14-9-3-1-2-4-10(9)19-7-11-16-13(18-17-11)12(15)8-5-6-8/h1-4,8,12H,5-7,15H2. The van der Waals surface area contributed by atoms with Gasteiger partial charge in [0.15, 0.2) is 5.82 Å². The molecule has 1 aliphatic carbocycles. The molecule has 1 atom stereocenters. The van der Waals surface area contributed by atoms with E-state index in [2.05, 4.69) is 32.1 Å². The second-order valence-electron chi connectivity index (χ2n) is 4.63. The molecule has 1 fully saturated rings. The molecule has 2 N–H and O–H groups in total. The SMILES string of the molecule is NC(c1nc(CSc2ccccc2Br)no1)C1CC1. The van der Waals surface area contributed by atoms with E-state index in [4.69, 9.17) is 10.3 Å². The van der Waals surface area contributed by atoms with Gasteiger partial charge in [-0.15, -0.1) is 11.8 Å². The number of benzene rings is 1. The minimum atomic E-state index is -0.0882. The van der Waals surface area contributed by atoms with Crippen LogP contribution in [0.5, 0.6) is 0 Å². The van der Waals surface area contributed by atoms with Crippen molar-refractivity contribution in [1.82, 2.24) is 10.1 Å². The first kappa shape index (κ1) is 13.1. The molecule has 4 nitrogen and oxygen atoms in total. The van der Waals surface area contributed by atoms with Crippen LogP contribution in [0.3, 0.4) is 0 Å². The Hall–Kier alpha value is -0.850. The number of hydrogen-bond acceptors (Lipinski definition) is 5. The Kier molecular flexibility index (Phi) is 3.91. The molecule has 19 heavy (non-hydrogen) atoms. The van der Waals surface area contributed by atoms with Crippen LogP contribution in [0.2, 0.25) is 0 Å². The summed E-state index contributed by atoms with van der Waals surface area (Å²) in [5.41, 5.74) is 6.03. The lowest BCUT2D eigenvalue weighted by Crippen LogP contribution is -2.12. The molecule has 6 heteroatoms. The normalized spacial score (nSPS) is 16.5. The highest BCUT2D eigenvalue weighted by molar-refractivity contribution is 9.10. The highest BCUT2D eigenvalue weighted by Crippen LogP contribution is 2.39. The lowest BCUT2D eigenvalue weighted by atomic mass is 10.2. The van der Waals surface area contributed by atoms with Crippen molar-refractivity contribution < 1.29 is 4.52 Å². The number of halogens is 1. The van der Waals surface area contributed by atoms with Crippen LogP contribution in [-0.4, -0.2) is 10.1 Å². The molecule has 0 spiro atoms. The molecule has 1 aliphatic rings. The van der Waals surface area contributed by atoms with Gasteiger partial charge in [-0.3, -0.25) is 0 Å². The van der Waals surface area contributed by atoms with Crippen molar-refractivity contribution in [2.24, 2.45) is 11.7 Å². The molecule has 1 aromatic heterocycles. The Morgan fingerprint density at radius 2 is 2.21 bits per heavy atom. The third-order valence-corrected chi connectivity index (χ3v) is 5.12. The fourth-order valence-electron chi connectivity index (χ4n) is 1.82. The number of rotatable bonds is 5. The summed E-state index contributed by atoms with van der Waals surface area (Å²) in [5.74, 6) is 2.49. The Morgan fingerprint density at radius 1 is 1.42 bits per heavy atom. The number of aromatic nitrogens is 2. The number of nitrogens with two attached hydrogens (primary N) is 1. The van der Waals surface area contributed by atoms with E-state index in [0.29, 0.717) is 23.4 Å². The molecule has 100 valence electrons. The maximum atomic E-state index is 6.03. The maximum Gasteiger partial charge on any atom is 0.243 e. The van der Waals surface area contributed by atoms with Crippen LogP contribution in [-0.2, 0) is 5.75 Å². The van der Waals surface area contributed by atoms with Crippen LogP contribution < -0.4 is 5.73 Å². The Morgan fingerprint density at radius 3 is 2.95 bits per heavy atom. The van der Waals surface area contributed by atoms with E-state index in [1.807, 2.05) is 18.2 Å². The van der Waals surface area contributed by atoms with E-state index in [9.17, 15) is 0 Å². The minimum absolute atomic E-state index is 0.0882. The second kappa shape index (κ2) is 5.64. The van der Waals surface area contributed by atoms with Crippen LogP contribution in [0.25, 0.3) is 0 Å². The monoisotopic (exact) mass is 339 g/mol. The van der Waals surface area contributed by atoms with Crippen molar-refractivity contribution in [1.29, 1.82) is 0 Å². The van der Waals surface area contributed by atoms with Gasteiger partial charge in [0, 0.05) is 9.37 Å². The molecule has 0 radical (unpaired) electrons. The molecule has 1 saturated carbocycles. The quantitative estimate of drug-likeness (QED) is 0.844. The Bertz CT molecular complexity index is 571. The average Bonchev–Trinajstić information content (AvgIpc) is 3.16. The molecule has 1 aromatic carbocycles. The average molecular weight is 340 g/mol. The van der Waals surface area contributed by atoms with Gasteiger partial charge in [0.2, 0.25) is 5.89 Å². The molecule has 2 aromatic rings. The molecular formula is C13H14BrN3OS. The van der Waals surface area contributed by atoms with Crippen molar-refractivity contribution in [3.8, 4) is 0 Å². The molecule has 1 unspecified atom stereocenters. The number of thioether (sulfide) groups is 1. The first-order valence-electron chi connectivity index (χ1n) is 6.19. The predicted octanol–water partition coefficient (Wildman–Crippen LogP) is 3.53. The third-order valence-electron chi connectivity index (χ3n) is 3.09. The molecule has 0 amide bonds. The first-order valence-corrected chi connectivity index (χ1v) is 7.97. The Labute approximate surface area is 124 Å². The molecule has 0 aliphatic heterocycles. The van der Waals surface area contributed by atoms with E-state index < -0.39 is 0 Å². The van der Waals surface area contributed by atoms with Crippen molar-refractivity contribution >= 4 is 27.7 Å². The van der Waals surface area contributed by atoms with Gasteiger partial charge in [0.05, 0.1) is 11.8 Å². The van der Waals surface area contributed by atoms with Gasteiger partial charge in [0.25, 0.3) is 0 Å². The summed E-state index contributed by atoms with van der Waals surface area (Å²) in [5, 5.41) is 3.99. The summed E-state index contributed by atoms with van der Waals surface area (Å²) >= 11 is 5.20. The molecular weight excluding hydrogens is 326 g/mol. The summed E-state index contributed by atoms with van der Waals surface area (Å²) < 4.78 is 6.32. The van der Waals surface area contributed by atoms with Crippen LogP contribution in [0.15, 0.2) is 38.2 Å². The zero-order valence-corrected chi connectivity index (χ0v) is 12.7.